The Balaban J connectivity index is 2.26. The number of carbonyl (C=O) groups is 1. The minimum absolute atomic E-state index is 0.344. The molecular weight excluding hydrogens is 168 g/mol. The molecule has 1 saturated heterocycles. The molecule has 3 N–H and O–H groups in total. The zero-order valence-corrected chi connectivity index (χ0v) is 8.25. The normalized spacial score (nSPS) is 29.2. The molecule has 0 saturated carbocycles. The molecule has 4 nitrogen and oxygen atoms in total. The Morgan fingerprint density at radius 3 is 2.62 bits per heavy atom. The summed E-state index contributed by atoms with van der Waals surface area (Å²) in [6.45, 7) is 4.78. The fourth-order valence-corrected chi connectivity index (χ4v) is 1.58. The lowest BCUT2D eigenvalue weighted by Crippen LogP contribution is -2.46. The van der Waals surface area contributed by atoms with Crippen LogP contribution in [0, 0.1) is 0 Å². The molecule has 76 valence electrons. The van der Waals surface area contributed by atoms with Gasteiger partial charge in [0.25, 0.3) is 0 Å². The summed E-state index contributed by atoms with van der Waals surface area (Å²) in [4.78, 5) is 10.8. The average molecular weight is 186 g/mol. The zero-order valence-electron chi connectivity index (χ0n) is 8.25. The predicted octanol–water partition coefficient (Wildman–Crippen LogP) is 0.0173. The van der Waals surface area contributed by atoms with Crippen molar-refractivity contribution in [1.82, 2.24) is 5.32 Å². The van der Waals surface area contributed by atoms with E-state index in [1.165, 1.54) is 0 Å². The Kier molecular flexibility index (Phi) is 3.69. The molecule has 1 rings (SSSR count). The van der Waals surface area contributed by atoms with Crippen molar-refractivity contribution < 1.29 is 9.53 Å². The number of ether oxygens (including phenoxy) is 1. The van der Waals surface area contributed by atoms with Crippen LogP contribution in [-0.2, 0) is 9.53 Å². The van der Waals surface area contributed by atoms with Crippen LogP contribution < -0.4 is 11.1 Å². The van der Waals surface area contributed by atoms with Gasteiger partial charge < -0.3 is 15.8 Å². The summed E-state index contributed by atoms with van der Waals surface area (Å²) in [5, 5.41) is 3.36. The zero-order chi connectivity index (χ0) is 9.84. The largest absolute Gasteiger partial charge is 0.367 e. The highest BCUT2D eigenvalue weighted by molar-refractivity contribution is 5.78. The van der Waals surface area contributed by atoms with Gasteiger partial charge >= 0.3 is 0 Å². The molecule has 1 heterocycles. The van der Waals surface area contributed by atoms with Crippen molar-refractivity contribution in [2.24, 2.45) is 5.73 Å². The maximum atomic E-state index is 10.8. The molecule has 0 spiro atoms. The van der Waals surface area contributed by atoms with Crippen LogP contribution in [0.2, 0.25) is 0 Å². The molecular formula is C9H18N2O2. The SMILES string of the molecule is CC(C)NC1CCC(C(N)=O)OC1. The van der Waals surface area contributed by atoms with Gasteiger partial charge in [-0.15, -0.1) is 0 Å². The van der Waals surface area contributed by atoms with Gasteiger partial charge in [0, 0.05) is 12.1 Å². The topological polar surface area (TPSA) is 64.3 Å². The van der Waals surface area contributed by atoms with Gasteiger partial charge in [-0.2, -0.15) is 0 Å². The number of hydrogen-bond acceptors (Lipinski definition) is 3. The fourth-order valence-electron chi connectivity index (χ4n) is 1.58. The highest BCUT2D eigenvalue weighted by atomic mass is 16.5. The van der Waals surface area contributed by atoms with Gasteiger partial charge in [0.15, 0.2) is 0 Å². The van der Waals surface area contributed by atoms with Crippen molar-refractivity contribution in [2.45, 2.75) is 44.9 Å². The minimum atomic E-state index is -0.370. The van der Waals surface area contributed by atoms with Gasteiger partial charge in [-0.05, 0) is 12.8 Å². The standard InChI is InChI=1S/C9H18N2O2/c1-6(2)11-7-3-4-8(9(10)12)13-5-7/h6-8,11H,3-5H2,1-2H3,(H2,10,12). The molecule has 1 amide bonds. The van der Waals surface area contributed by atoms with E-state index in [-0.39, 0.29) is 12.0 Å². The van der Waals surface area contributed by atoms with Crippen molar-refractivity contribution in [3.05, 3.63) is 0 Å². The molecule has 1 aliphatic heterocycles. The molecule has 0 aromatic rings. The van der Waals surface area contributed by atoms with Crippen molar-refractivity contribution in [3.8, 4) is 0 Å². The Hall–Kier alpha value is -0.610. The lowest BCUT2D eigenvalue weighted by molar-refractivity contribution is -0.133. The third-order valence-electron chi connectivity index (χ3n) is 2.16. The van der Waals surface area contributed by atoms with Crippen molar-refractivity contribution in [1.29, 1.82) is 0 Å². The molecule has 1 aliphatic rings. The summed E-state index contributed by atoms with van der Waals surface area (Å²) >= 11 is 0. The van der Waals surface area contributed by atoms with E-state index in [0.29, 0.717) is 18.7 Å². The first-order valence-corrected chi connectivity index (χ1v) is 4.76. The number of amides is 1. The van der Waals surface area contributed by atoms with Crippen LogP contribution in [0.3, 0.4) is 0 Å². The fraction of sp³-hybridized carbons (Fsp3) is 0.889. The summed E-state index contributed by atoms with van der Waals surface area (Å²) in [6, 6.07) is 0.828. The van der Waals surface area contributed by atoms with Crippen LogP contribution in [0.25, 0.3) is 0 Å². The molecule has 1 fully saturated rings. The molecule has 2 atom stereocenters. The molecule has 0 aromatic heterocycles. The van der Waals surface area contributed by atoms with Crippen LogP contribution in [0.4, 0.5) is 0 Å². The summed E-state index contributed by atoms with van der Waals surface area (Å²) < 4.78 is 5.32. The van der Waals surface area contributed by atoms with Crippen LogP contribution >= 0.6 is 0 Å². The van der Waals surface area contributed by atoms with Gasteiger partial charge in [0.2, 0.25) is 5.91 Å². The van der Waals surface area contributed by atoms with E-state index in [1.807, 2.05) is 0 Å². The van der Waals surface area contributed by atoms with E-state index < -0.39 is 0 Å². The van der Waals surface area contributed by atoms with E-state index in [0.717, 1.165) is 12.8 Å². The molecule has 2 unspecified atom stereocenters. The minimum Gasteiger partial charge on any atom is -0.367 e. The first-order chi connectivity index (χ1) is 6.09. The second-order valence-corrected chi connectivity index (χ2v) is 3.82. The first kappa shape index (κ1) is 10.5. The number of primary amides is 1. The molecule has 0 aromatic carbocycles. The molecule has 0 radical (unpaired) electrons. The second kappa shape index (κ2) is 4.58. The van der Waals surface area contributed by atoms with Crippen LogP contribution in [0.5, 0.6) is 0 Å². The maximum absolute atomic E-state index is 10.8. The van der Waals surface area contributed by atoms with Crippen LogP contribution in [0.1, 0.15) is 26.7 Å². The quantitative estimate of drug-likeness (QED) is 0.653. The van der Waals surface area contributed by atoms with Crippen LogP contribution in [-0.4, -0.2) is 30.7 Å². The Morgan fingerprint density at radius 1 is 1.54 bits per heavy atom. The Morgan fingerprint density at radius 2 is 2.23 bits per heavy atom. The van der Waals surface area contributed by atoms with Crippen molar-refractivity contribution >= 4 is 5.91 Å². The smallest absolute Gasteiger partial charge is 0.246 e. The van der Waals surface area contributed by atoms with Gasteiger partial charge in [-0.25, -0.2) is 0 Å². The number of nitrogens with two attached hydrogens (primary N) is 1. The highest BCUT2D eigenvalue weighted by Gasteiger charge is 2.25. The second-order valence-electron chi connectivity index (χ2n) is 3.82. The average Bonchev–Trinajstić information content (AvgIpc) is 2.04. The van der Waals surface area contributed by atoms with Crippen LogP contribution in [0.15, 0.2) is 0 Å². The summed E-state index contributed by atoms with van der Waals surface area (Å²) in [7, 11) is 0. The number of carbonyl (C=O) groups excluding carboxylic acids is 1. The number of hydrogen-bond donors (Lipinski definition) is 2. The van der Waals surface area contributed by atoms with Crippen molar-refractivity contribution in [2.75, 3.05) is 6.61 Å². The lowest BCUT2D eigenvalue weighted by atomic mass is 10.0. The summed E-state index contributed by atoms with van der Waals surface area (Å²) in [5.41, 5.74) is 5.13. The molecule has 13 heavy (non-hydrogen) atoms. The maximum Gasteiger partial charge on any atom is 0.246 e. The van der Waals surface area contributed by atoms with E-state index in [4.69, 9.17) is 10.5 Å². The third kappa shape index (κ3) is 3.32. The summed E-state index contributed by atoms with van der Waals surface area (Å²) in [6.07, 6.45) is 1.33. The summed E-state index contributed by atoms with van der Waals surface area (Å²) in [5.74, 6) is -0.344. The first-order valence-electron chi connectivity index (χ1n) is 4.76. The van der Waals surface area contributed by atoms with E-state index in [9.17, 15) is 4.79 Å². The molecule has 0 aliphatic carbocycles. The molecule has 0 bridgehead atoms. The van der Waals surface area contributed by atoms with E-state index in [1.54, 1.807) is 0 Å². The van der Waals surface area contributed by atoms with Gasteiger partial charge in [-0.1, -0.05) is 13.8 Å². The number of nitrogens with one attached hydrogen (secondary N) is 1. The third-order valence-corrected chi connectivity index (χ3v) is 2.16. The monoisotopic (exact) mass is 186 g/mol. The van der Waals surface area contributed by atoms with E-state index >= 15 is 0 Å². The lowest BCUT2D eigenvalue weighted by Gasteiger charge is -2.29. The Labute approximate surface area is 78.8 Å². The van der Waals surface area contributed by atoms with Crippen molar-refractivity contribution in [3.63, 3.8) is 0 Å². The van der Waals surface area contributed by atoms with Gasteiger partial charge in [0.05, 0.1) is 6.61 Å². The number of rotatable bonds is 3. The van der Waals surface area contributed by atoms with Gasteiger partial charge in [-0.3, -0.25) is 4.79 Å². The van der Waals surface area contributed by atoms with E-state index in [2.05, 4.69) is 19.2 Å². The Bertz CT molecular complexity index is 174. The van der Waals surface area contributed by atoms with Gasteiger partial charge in [0.1, 0.15) is 6.10 Å². The highest BCUT2D eigenvalue weighted by Crippen LogP contribution is 2.13. The predicted molar refractivity (Wildman–Crippen MR) is 50.2 cm³/mol. The molecule has 4 heteroatoms.